The van der Waals surface area contributed by atoms with E-state index in [2.05, 4.69) is 37.3 Å². The van der Waals surface area contributed by atoms with Crippen LogP contribution in [0, 0.1) is 11.8 Å². The van der Waals surface area contributed by atoms with E-state index in [1.54, 1.807) is 0 Å². The van der Waals surface area contributed by atoms with Gasteiger partial charge in [-0.15, -0.1) is 0 Å². The average Bonchev–Trinajstić information content (AvgIpc) is 3.55. The fraction of sp³-hybridized carbons (Fsp3) is 0.464. The number of aldehydes is 1. The summed E-state index contributed by atoms with van der Waals surface area (Å²) in [5.74, 6) is 2.15. The number of aromatic nitrogens is 3. The van der Waals surface area contributed by atoms with Crippen molar-refractivity contribution in [2.75, 3.05) is 39.0 Å². The summed E-state index contributed by atoms with van der Waals surface area (Å²) in [7, 11) is 1.91. The van der Waals surface area contributed by atoms with Crippen molar-refractivity contribution < 1.29 is 14.6 Å². The first kappa shape index (κ1) is 28.0. The molecule has 1 unspecified atom stereocenters. The summed E-state index contributed by atoms with van der Waals surface area (Å²) in [5.41, 5.74) is 8.54. The molecule has 0 bridgehead atoms. The molecule has 1 aliphatic heterocycles. The largest absolute Gasteiger partial charge is 0.490 e. The molecule has 2 aliphatic rings. The number of carbonyl (C=O) groups excluding carboxylic acids is 1. The maximum Gasteiger partial charge on any atom is 0.180 e. The summed E-state index contributed by atoms with van der Waals surface area (Å²) in [6, 6.07) is 7.84. The zero-order chi connectivity index (χ0) is 27.1. The minimum Gasteiger partial charge on any atom is -0.490 e. The number of aliphatic hydroxyl groups excluding tert-OH is 1. The van der Waals surface area contributed by atoms with E-state index in [-0.39, 0.29) is 18.1 Å². The summed E-state index contributed by atoms with van der Waals surface area (Å²) in [4.78, 5) is 24.6. The van der Waals surface area contributed by atoms with Gasteiger partial charge in [-0.1, -0.05) is 35.9 Å². The first-order chi connectivity index (χ1) is 18.4. The number of ether oxygens (including phenoxy) is 1. The van der Waals surface area contributed by atoms with E-state index in [9.17, 15) is 9.90 Å². The molecule has 1 saturated heterocycles. The predicted octanol–water partition coefficient (Wildman–Crippen LogP) is 3.68. The van der Waals surface area contributed by atoms with Crippen LogP contribution in [0.5, 0.6) is 5.75 Å². The number of nitrogen functional groups attached to an aromatic ring is 1. The van der Waals surface area contributed by atoms with Crippen LogP contribution in [0.4, 0.5) is 5.69 Å². The van der Waals surface area contributed by atoms with Crippen LogP contribution in [-0.4, -0.2) is 76.7 Å². The number of β-amino-alcohol motifs (C(OH)–C–C–N with tert-alkyl or cyclic N) is 1. The van der Waals surface area contributed by atoms with Gasteiger partial charge in [-0.25, -0.2) is 9.97 Å². The third kappa shape index (κ3) is 7.11. The van der Waals surface area contributed by atoms with E-state index < -0.39 is 0 Å². The summed E-state index contributed by atoms with van der Waals surface area (Å²) in [6.45, 7) is 5.33. The van der Waals surface area contributed by atoms with Gasteiger partial charge in [-0.05, 0) is 51.3 Å². The molecule has 204 valence electrons. The zero-order valence-electron chi connectivity index (χ0n) is 21.9. The number of halogens is 1. The number of allylic oxidation sites excluding steroid dienone is 1. The molecular formula is C28H37ClN6O3. The van der Waals surface area contributed by atoms with Crippen molar-refractivity contribution in [3.8, 4) is 17.1 Å². The SMILES string of the molecule is CC(O)CN1CCC(Oc2cccc(-c3nc4ncc(Cl)c(N)c4[nH]3)c2)CC1.CNC[C@H]1C=CC[C@@H]1C=O. The third-order valence-corrected chi connectivity index (χ3v) is 7.24. The monoisotopic (exact) mass is 540 g/mol. The molecule has 0 saturated carbocycles. The Morgan fingerprint density at radius 2 is 2.16 bits per heavy atom. The second kappa shape index (κ2) is 13.2. The Bertz CT molecular complexity index is 1240. The number of aromatic amines is 1. The van der Waals surface area contributed by atoms with Crippen molar-refractivity contribution >= 4 is 34.7 Å². The van der Waals surface area contributed by atoms with Crippen LogP contribution >= 0.6 is 11.6 Å². The van der Waals surface area contributed by atoms with Gasteiger partial charge in [0.2, 0.25) is 0 Å². The number of H-pyrrole nitrogens is 1. The molecule has 1 aromatic carbocycles. The van der Waals surface area contributed by atoms with E-state index in [0.717, 1.165) is 63.0 Å². The number of nitrogens with two attached hydrogens (primary N) is 1. The Morgan fingerprint density at radius 3 is 2.87 bits per heavy atom. The highest BCUT2D eigenvalue weighted by Crippen LogP contribution is 2.30. The lowest BCUT2D eigenvalue weighted by Crippen LogP contribution is -2.41. The predicted molar refractivity (Wildman–Crippen MR) is 151 cm³/mol. The van der Waals surface area contributed by atoms with Gasteiger partial charge >= 0.3 is 0 Å². The number of rotatable bonds is 8. The Hall–Kier alpha value is -2.98. The first-order valence-electron chi connectivity index (χ1n) is 13.1. The number of pyridine rings is 1. The molecule has 1 aliphatic carbocycles. The molecule has 3 atom stereocenters. The molecule has 9 nitrogen and oxygen atoms in total. The van der Waals surface area contributed by atoms with Gasteiger partial charge < -0.3 is 35.6 Å². The van der Waals surface area contributed by atoms with Gasteiger partial charge in [0.15, 0.2) is 5.65 Å². The number of likely N-dealkylation sites (tertiary alicyclic amines) is 1. The molecule has 0 radical (unpaired) electrons. The number of hydrogen-bond acceptors (Lipinski definition) is 8. The maximum absolute atomic E-state index is 10.4. The number of aliphatic hydroxyl groups is 1. The Balaban J connectivity index is 0.000000283. The topological polar surface area (TPSA) is 129 Å². The van der Waals surface area contributed by atoms with Crippen LogP contribution in [0.1, 0.15) is 26.2 Å². The van der Waals surface area contributed by atoms with E-state index in [4.69, 9.17) is 22.1 Å². The lowest BCUT2D eigenvalue weighted by Gasteiger charge is -2.32. The normalized spacial score (nSPS) is 20.7. The van der Waals surface area contributed by atoms with Crippen LogP contribution < -0.4 is 15.8 Å². The molecule has 3 heterocycles. The molecule has 3 aromatic rings. The smallest absolute Gasteiger partial charge is 0.180 e. The molecule has 2 aromatic heterocycles. The molecule has 0 spiro atoms. The summed E-state index contributed by atoms with van der Waals surface area (Å²) in [6.07, 6.45) is 9.46. The molecule has 5 rings (SSSR count). The van der Waals surface area contributed by atoms with E-state index in [1.807, 2.05) is 38.2 Å². The lowest BCUT2D eigenvalue weighted by molar-refractivity contribution is -0.111. The highest BCUT2D eigenvalue weighted by atomic mass is 35.5. The van der Waals surface area contributed by atoms with Crippen molar-refractivity contribution in [2.24, 2.45) is 11.8 Å². The van der Waals surface area contributed by atoms with Gasteiger partial charge in [0.1, 0.15) is 29.5 Å². The standard InChI is InChI=1S/C20H24ClN5O2.C8H13NO/c1-12(27)11-26-7-5-14(6-8-26)28-15-4-2-3-13(9-15)19-24-18-17(22)16(21)10-23-20(18)25-19;1-9-5-7-3-2-4-8(7)6-10/h2-4,9-10,12,14,27H,5-8,11H2,1H3,(H3,22,23,24,25);2-3,6-9H,4-5H2,1H3/t;7-,8-/m.1/s1. The molecule has 0 amide bonds. The van der Waals surface area contributed by atoms with Crippen LogP contribution in [0.2, 0.25) is 5.02 Å². The van der Waals surface area contributed by atoms with Gasteiger partial charge in [-0.2, -0.15) is 0 Å². The highest BCUT2D eigenvalue weighted by molar-refractivity contribution is 6.34. The summed E-state index contributed by atoms with van der Waals surface area (Å²) in [5, 5.41) is 13.0. The number of imidazole rings is 1. The second-order valence-electron chi connectivity index (χ2n) is 9.98. The number of carbonyl (C=O) groups is 1. The minimum absolute atomic E-state index is 0.173. The Labute approximate surface area is 228 Å². The van der Waals surface area contributed by atoms with Crippen molar-refractivity contribution in [3.63, 3.8) is 0 Å². The maximum atomic E-state index is 10.4. The van der Waals surface area contributed by atoms with Gasteiger partial charge in [0.05, 0.1) is 23.0 Å². The number of hydrogen-bond donors (Lipinski definition) is 4. The molecular weight excluding hydrogens is 504 g/mol. The highest BCUT2D eigenvalue weighted by Gasteiger charge is 2.22. The first-order valence-corrected chi connectivity index (χ1v) is 13.5. The number of nitrogens with one attached hydrogen (secondary N) is 2. The van der Waals surface area contributed by atoms with Crippen LogP contribution in [0.15, 0.2) is 42.6 Å². The molecule has 1 fully saturated rings. The fourth-order valence-electron chi connectivity index (χ4n) is 4.92. The summed E-state index contributed by atoms with van der Waals surface area (Å²) < 4.78 is 6.20. The van der Waals surface area contributed by atoms with Crippen LogP contribution in [0.25, 0.3) is 22.6 Å². The average molecular weight is 541 g/mol. The molecule has 10 heteroatoms. The van der Waals surface area contributed by atoms with E-state index >= 15 is 0 Å². The number of anilines is 1. The quantitative estimate of drug-likeness (QED) is 0.251. The lowest BCUT2D eigenvalue weighted by atomic mass is 9.97. The molecule has 5 N–H and O–H groups in total. The zero-order valence-corrected chi connectivity index (χ0v) is 22.7. The Kier molecular flexibility index (Phi) is 9.74. The summed E-state index contributed by atoms with van der Waals surface area (Å²) >= 11 is 6.04. The Morgan fingerprint density at radius 1 is 1.37 bits per heavy atom. The number of piperidine rings is 1. The number of benzene rings is 1. The van der Waals surface area contributed by atoms with Gasteiger partial charge in [0.25, 0.3) is 0 Å². The number of nitrogens with zero attached hydrogens (tertiary/aromatic N) is 3. The van der Waals surface area contributed by atoms with Crippen molar-refractivity contribution in [3.05, 3.63) is 47.6 Å². The van der Waals surface area contributed by atoms with Crippen molar-refractivity contribution in [2.45, 2.75) is 38.4 Å². The van der Waals surface area contributed by atoms with E-state index in [0.29, 0.717) is 33.6 Å². The second-order valence-corrected chi connectivity index (χ2v) is 10.4. The fourth-order valence-corrected chi connectivity index (χ4v) is 5.06. The van der Waals surface area contributed by atoms with Gasteiger partial charge in [0, 0.05) is 37.7 Å². The number of fused-ring (bicyclic) bond motifs is 1. The van der Waals surface area contributed by atoms with Crippen LogP contribution in [0.3, 0.4) is 0 Å². The van der Waals surface area contributed by atoms with Gasteiger partial charge in [-0.3, -0.25) is 0 Å². The van der Waals surface area contributed by atoms with Crippen molar-refractivity contribution in [1.29, 1.82) is 0 Å². The van der Waals surface area contributed by atoms with E-state index in [1.165, 1.54) is 6.20 Å². The third-order valence-electron chi connectivity index (χ3n) is 6.93. The molecule has 38 heavy (non-hydrogen) atoms. The van der Waals surface area contributed by atoms with Crippen LogP contribution in [-0.2, 0) is 4.79 Å². The van der Waals surface area contributed by atoms with Crippen molar-refractivity contribution in [1.82, 2.24) is 25.2 Å². The minimum atomic E-state index is -0.295.